The summed E-state index contributed by atoms with van der Waals surface area (Å²) in [5, 5.41) is 3.00. The van der Waals surface area contributed by atoms with Gasteiger partial charge in [-0.15, -0.1) is 11.3 Å². The van der Waals surface area contributed by atoms with Gasteiger partial charge in [0.05, 0.1) is 23.4 Å². The number of nitrogens with zero attached hydrogens (tertiary/aromatic N) is 3. The normalized spacial score (nSPS) is 14.9. The fraction of sp³-hybridized carbons (Fsp3) is 0.316. The van der Waals surface area contributed by atoms with Crippen molar-refractivity contribution in [3.05, 3.63) is 67.5 Å². The quantitative estimate of drug-likeness (QED) is 0.719. The predicted molar refractivity (Wildman–Crippen MR) is 100.0 cm³/mol. The summed E-state index contributed by atoms with van der Waals surface area (Å²) in [6.07, 6.45) is -3.79. The average Bonchev–Trinajstić information content (AvgIpc) is 3.06. The first-order valence-electron chi connectivity index (χ1n) is 8.72. The van der Waals surface area contributed by atoms with Crippen molar-refractivity contribution in [3.8, 4) is 11.4 Å². The number of rotatable bonds is 3. The highest BCUT2D eigenvalue weighted by Crippen LogP contribution is 2.30. The molecular weight excluding hydrogens is 389 g/mol. The summed E-state index contributed by atoms with van der Waals surface area (Å²) in [6.45, 7) is 3.85. The highest BCUT2D eigenvalue weighted by Gasteiger charge is 2.30. The number of aromatic nitrogens is 3. The molecule has 9 heteroatoms. The zero-order chi connectivity index (χ0) is 19.9. The van der Waals surface area contributed by atoms with Gasteiger partial charge in [0, 0.05) is 36.1 Å². The van der Waals surface area contributed by atoms with Crippen molar-refractivity contribution in [1.29, 1.82) is 0 Å². The van der Waals surface area contributed by atoms with E-state index < -0.39 is 11.7 Å². The highest BCUT2D eigenvalue weighted by molar-refractivity contribution is 7.09. The number of aromatic amines is 1. The average molecular weight is 406 g/mol. The fourth-order valence-corrected chi connectivity index (χ4v) is 4.05. The van der Waals surface area contributed by atoms with E-state index in [9.17, 15) is 18.0 Å². The molecule has 0 unspecified atom stereocenters. The first kappa shape index (κ1) is 18.8. The second-order valence-electron chi connectivity index (χ2n) is 6.76. The standard InChI is InChI=1S/C19H17F3N4OS/c1-11-10-28-16(23-11)9-26-7-6-15-14(8-26)18(27)25-17(24-15)12-2-4-13(5-3-12)19(20,21)22/h2-5,10H,6-9H2,1H3,(H,24,25,27). The highest BCUT2D eigenvalue weighted by atomic mass is 32.1. The van der Waals surface area contributed by atoms with E-state index >= 15 is 0 Å². The van der Waals surface area contributed by atoms with E-state index in [1.165, 1.54) is 12.1 Å². The van der Waals surface area contributed by atoms with E-state index in [1.807, 2.05) is 12.3 Å². The third-order valence-electron chi connectivity index (χ3n) is 4.66. The minimum absolute atomic E-state index is 0.250. The Morgan fingerprint density at radius 3 is 2.61 bits per heavy atom. The Kier molecular flexibility index (Phi) is 4.80. The molecule has 0 atom stereocenters. The van der Waals surface area contributed by atoms with Crippen LogP contribution in [0.1, 0.15) is 27.5 Å². The predicted octanol–water partition coefficient (Wildman–Crippen LogP) is 3.78. The van der Waals surface area contributed by atoms with Gasteiger partial charge < -0.3 is 4.98 Å². The molecule has 5 nitrogen and oxygen atoms in total. The molecule has 4 rings (SSSR count). The minimum Gasteiger partial charge on any atom is -0.306 e. The Morgan fingerprint density at radius 2 is 1.96 bits per heavy atom. The summed E-state index contributed by atoms with van der Waals surface area (Å²) >= 11 is 1.60. The SMILES string of the molecule is Cc1csc(CN2CCc3nc(-c4ccc(C(F)(F)F)cc4)[nH]c(=O)c3C2)n1. The molecule has 1 aromatic carbocycles. The van der Waals surface area contributed by atoms with Crippen LogP contribution in [0, 0.1) is 6.92 Å². The number of benzene rings is 1. The zero-order valence-electron chi connectivity index (χ0n) is 15.0. The molecule has 146 valence electrons. The molecule has 0 aliphatic carbocycles. The van der Waals surface area contributed by atoms with Gasteiger partial charge in [0.2, 0.25) is 0 Å². The molecule has 0 saturated carbocycles. The van der Waals surface area contributed by atoms with Gasteiger partial charge in [0.25, 0.3) is 5.56 Å². The monoisotopic (exact) mass is 406 g/mol. The molecule has 28 heavy (non-hydrogen) atoms. The largest absolute Gasteiger partial charge is 0.416 e. The van der Waals surface area contributed by atoms with Crippen molar-refractivity contribution >= 4 is 11.3 Å². The molecule has 2 aromatic heterocycles. The molecule has 0 saturated heterocycles. The van der Waals surface area contributed by atoms with E-state index in [4.69, 9.17) is 0 Å². The number of H-pyrrole nitrogens is 1. The summed E-state index contributed by atoms with van der Waals surface area (Å²) in [7, 11) is 0. The maximum atomic E-state index is 12.7. The van der Waals surface area contributed by atoms with Gasteiger partial charge >= 0.3 is 6.18 Å². The van der Waals surface area contributed by atoms with Crippen LogP contribution in [-0.2, 0) is 25.7 Å². The van der Waals surface area contributed by atoms with Gasteiger partial charge in [0.1, 0.15) is 10.8 Å². The smallest absolute Gasteiger partial charge is 0.306 e. The second kappa shape index (κ2) is 7.14. The van der Waals surface area contributed by atoms with E-state index in [2.05, 4.69) is 19.9 Å². The first-order chi connectivity index (χ1) is 13.3. The summed E-state index contributed by atoms with van der Waals surface area (Å²) in [4.78, 5) is 26.4. The molecule has 0 bridgehead atoms. The van der Waals surface area contributed by atoms with Crippen LogP contribution < -0.4 is 5.56 Å². The van der Waals surface area contributed by atoms with Crippen LogP contribution >= 0.6 is 11.3 Å². The van der Waals surface area contributed by atoms with Gasteiger partial charge in [-0.1, -0.05) is 12.1 Å². The molecule has 3 heterocycles. The molecule has 0 radical (unpaired) electrons. The molecule has 1 aliphatic rings. The van der Waals surface area contributed by atoms with Crippen LogP contribution in [-0.4, -0.2) is 26.4 Å². The van der Waals surface area contributed by atoms with Crippen molar-refractivity contribution in [1.82, 2.24) is 19.9 Å². The van der Waals surface area contributed by atoms with E-state index in [1.54, 1.807) is 11.3 Å². The lowest BCUT2D eigenvalue weighted by molar-refractivity contribution is -0.137. The molecular formula is C19H17F3N4OS. The van der Waals surface area contributed by atoms with E-state index in [0.717, 1.165) is 29.4 Å². The fourth-order valence-electron chi connectivity index (χ4n) is 3.24. The van der Waals surface area contributed by atoms with Crippen molar-refractivity contribution in [2.45, 2.75) is 32.6 Å². The summed E-state index contributed by atoms with van der Waals surface area (Å²) < 4.78 is 38.2. The number of hydrogen-bond acceptors (Lipinski definition) is 5. The Hall–Kier alpha value is -2.52. The lowest BCUT2D eigenvalue weighted by atomic mass is 10.1. The van der Waals surface area contributed by atoms with Gasteiger partial charge in [-0.05, 0) is 19.1 Å². The summed E-state index contributed by atoms with van der Waals surface area (Å²) in [5.41, 5.74) is 1.76. The third kappa shape index (κ3) is 3.85. The number of fused-ring (bicyclic) bond motifs is 1. The second-order valence-corrected chi connectivity index (χ2v) is 7.70. The number of alkyl halides is 3. The van der Waals surface area contributed by atoms with Crippen molar-refractivity contribution in [2.24, 2.45) is 0 Å². The van der Waals surface area contributed by atoms with Crippen LogP contribution in [0.3, 0.4) is 0 Å². The molecule has 1 aliphatic heterocycles. The Balaban J connectivity index is 1.56. The number of nitrogens with one attached hydrogen (secondary N) is 1. The Labute approximate surface area is 162 Å². The van der Waals surface area contributed by atoms with Gasteiger partial charge in [-0.3, -0.25) is 9.69 Å². The molecule has 0 fully saturated rings. The Bertz CT molecular complexity index is 1060. The van der Waals surface area contributed by atoms with Gasteiger partial charge in [-0.2, -0.15) is 13.2 Å². The van der Waals surface area contributed by atoms with E-state index in [-0.39, 0.29) is 5.56 Å². The van der Waals surface area contributed by atoms with Crippen molar-refractivity contribution < 1.29 is 13.2 Å². The molecule has 1 N–H and O–H groups in total. The Morgan fingerprint density at radius 1 is 1.21 bits per heavy atom. The van der Waals surface area contributed by atoms with Crippen LogP contribution in [0.4, 0.5) is 13.2 Å². The first-order valence-corrected chi connectivity index (χ1v) is 9.60. The number of thiazole rings is 1. The van der Waals surface area contributed by atoms with Gasteiger partial charge in [-0.25, -0.2) is 9.97 Å². The molecule has 0 spiro atoms. The van der Waals surface area contributed by atoms with Crippen LogP contribution in [0.15, 0.2) is 34.4 Å². The number of halogens is 3. The maximum absolute atomic E-state index is 12.7. The van der Waals surface area contributed by atoms with E-state index in [0.29, 0.717) is 42.2 Å². The lowest BCUT2D eigenvalue weighted by Crippen LogP contribution is -2.35. The van der Waals surface area contributed by atoms with Crippen LogP contribution in [0.5, 0.6) is 0 Å². The van der Waals surface area contributed by atoms with Gasteiger partial charge in [0.15, 0.2) is 0 Å². The summed E-state index contributed by atoms with van der Waals surface area (Å²) in [6, 6.07) is 4.64. The molecule has 0 amide bonds. The topological polar surface area (TPSA) is 61.9 Å². The van der Waals surface area contributed by atoms with Crippen molar-refractivity contribution in [3.63, 3.8) is 0 Å². The maximum Gasteiger partial charge on any atom is 0.416 e. The minimum atomic E-state index is -4.39. The molecule has 3 aromatic rings. The summed E-state index contributed by atoms with van der Waals surface area (Å²) in [5.74, 6) is 0.293. The van der Waals surface area contributed by atoms with Crippen LogP contribution in [0.25, 0.3) is 11.4 Å². The lowest BCUT2D eigenvalue weighted by Gasteiger charge is -2.26. The third-order valence-corrected chi connectivity index (χ3v) is 5.61. The number of aryl methyl sites for hydroxylation is 1. The van der Waals surface area contributed by atoms with Crippen molar-refractivity contribution in [2.75, 3.05) is 6.54 Å². The number of hydrogen-bond donors (Lipinski definition) is 1. The zero-order valence-corrected chi connectivity index (χ0v) is 15.8. The van der Waals surface area contributed by atoms with Crippen LogP contribution in [0.2, 0.25) is 0 Å².